The van der Waals surface area contributed by atoms with E-state index >= 15 is 0 Å². The molecule has 0 fully saturated rings. The smallest absolute Gasteiger partial charge is 0.423 e. The number of aliphatic hydroxyl groups is 1. The molecule has 11 heteroatoms. The van der Waals surface area contributed by atoms with Crippen LogP contribution >= 0.6 is 0 Å². The van der Waals surface area contributed by atoms with Gasteiger partial charge in [-0.3, -0.25) is 4.79 Å². The van der Waals surface area contributed by atoms with E-state index in [2.05, 4.69) is 10.6 Å². The van der Waals surface area contributed by atoms with Crippen LogP contribution in [-0.4, -0.2) is 21.8 Å². The van der Waals surface area contributed by atoms with Gasteiger partial charge in [0, 0.05) is 5.56 Å². The van der Waals surface area contributed by atoms with Gasteiger partial charge < -0.3 is 20.7 Å². The quantitative estimate of drug-likeness (QED) is 0.108. The Morgan fingerprint density at radius 2 is 1.80 bits per heavy atom. The predicted molar refractivity (Wildman–Crippen MR) is 122 cm³/mol. The number of nitrogens with one attached hydrogen (secondary N) is 1. The van der Waals surface area contributed by atoms with E-state index in [1.807, 2.05) is 0 Å². The molecule has 0 radical (unpaired) electrons. The van der Waals surface area contributed by atoms with Crippen LogP contribution < -0.4 is 21.8 Å². The number of alkyl halides is 3. The monoisotopic (exact) mass is 488 g/mol. The first-order chi connectivity index (χ1) is 16.5. The Morgan fingerprint density at radius 1 is 1.11 bits per heavy atom. The number of benzene rings is 3. The molecule has 0 heterocycles. The van der Waals surface area contributed by atoms with Crippen LogP contribution in [0.1, 0.15) is 51.2 Å². The van der Waals surface area contributed by atoms with Gasteiger partial charge in [-0.1, -0.05) is 42.5 Å². The lowest BCUT2D eigenvalue weighted by Crippen LogP contribution is -2.23. The number of aliphatic hydroxyl groups excluding tert-OH is 1. The zero-order valence-corrected chi connectivity index (χ0v) is 18.5. The Kier molecular flexibility index (Phi) is 7.62. The molecule has 0 aliphatic carbocycles. The maximum Gasteiger partial charge on any atom is 0.423 e. The first kappa shape index (κ1) is 25.5. The minimum atomic E-state index is -4.93. The van der Waals surface area contributed by atoms with E-state index < -0.39 is 40.7 Å². The maximum atomic E-state index is 13.5. The van der Waals surface area contributed by atoms with Gasteiger partial charge in [0.2, 0.25) is 0 Å². The fourth-order valence-corrected chi connectivity index (χ4v) is 3.40. The van der Waals surface area contributed by atoms with Crippen molar-refractivity contribution in [2.45, 2.75) is 25.8 Å². The van der Waals surface area contributed by atoms with E-state index in [1.165, 1.54) is 0 Å². The lowest BCUT2D eigenvalue weighted by Gasteiger charge is -2.17. The summed E-state index contributed by atoms with van der Waals surface area (Å²) < 4.78 is 45.8. The summed E-state index contributed by atoms with van der Waals surface area (Å²) in [5, 5.41) is 24.4. The van der Waals surface area contributed by atoms with Gasteiger partial charge in [-0.25, -0.2) is 11.4 Å². The minimum Gasteiger partial charge on any atom is -0.506 e. The molecule has 0 aliphatic heterocycles. The fraction of sp³-hybridized carbons (Fsp3) is 0.167. The van der Waals surface area contributed by atoms with E-state index in [1.54, 1.807) is 48.5 Å². The van der Waals surface area contributed by atoms with E-state index in [9.17, 15) is 28.2 Å². The summed E-state index contributed by atoms with van der Waals surface area (Å²) in [6, 6.07) is 15.2. The van der Waals surface area contributed by atoms with Gasteiger partial charge in [0.25, 0.3) is 0 Å². The average molecular weight is 488 g/mol. The highest BCUT2D eigenvalue weighted by Crippen LogP contribution is 2.44. The number of Topliss-reactive ketones (excluding diaryl/α,β-unsaturated/α-hetero) is 1. The van der Waals surface area contributed by atoms with Gasteiger partial charge in [0.05, 0.1) is 5.56 Å². The second kappa shape index (κ2) is 10.5. The third kappa shape index (κ3) is 5.89. The van der Waals surface area contributed by atoms with Crippen LogP contribution in [0.3, 0.4) is 0 Å². The molecule has 0 amide bonds. The topological polar surface area (TPSA) is 143 Å². The van der Waals surface area contributed by atoms with Crippen molar-refractivity contribution in [2.75, 3.05) is 0 Å². The number of phenolic OH excluding ortho intramolecular Hbond substituents is 1. The largest absolute Gasteiger partial charge is 0.506 e. The molecule has 1 atom stereocenters. The molecule has 7 N–H and O–H groups in total. The molecule has 8 nitrogen and oxygen atoms in total. The van der Waals surface area contributed by atoms with Crippen molar-refractivity contribution in [3.05, 3.63) is 94.0 Å². The number of hydrazone groups is 1. The number of carbonyl (C=O) groups is 1. The number of phenols is 1. The molecular weight excluding hydrogens is 465 g/mol. The summed E-state index contributed by atoms with van der Waals surface area (Å²) in [7, 11) is 0. The molecule has 0 bridgehead atoms. The molecule has 35 heavy (non-hydrogen) atoms. The molecule has 3 rings (SSSR count). The minimum absolute atomic E-state index is 0.134. The standard InChI is InChI=1S/C24H23F3N4O4/c1-13(32)18-9-10-19(20(22(18)34)24(25,26)27)35-12-14-5-7-15(8-6-14)21(33)16-3-2-4-17(11-16)23(28)30-31-29/h2-11,21,31,33-34H,12,29H2,1H3,(H2,28,30). The third-order valence-electron chi connectivity index (χ3n) is 5.18. The highest BCUT2D eigenvalue weighted by Gasteiger charge is 2.39. The molecule has 0 spiro atoms. The highest BCUT2D eigenvalue weighted by molar-refractivity contribution is 5.98. The normalized spacial score (nSPS) is 12.8. The number of rotatable bonds is 8. The zero-order valence-electron chi connectivity index (χ0n) is 18.5. The molecule has 184 valence electrons. The molecule has 0 aliphatic rings. The summed E-state index contributed by atoms with van der Waals surface area (Å²) in [5.74, 6) is 2.78. The van der Waals surface area contributed by atoms with Crippen LogP contribution in [0.15, 0.2) is 65.8 Å². The van der Waals surface area contributed by atoms with E-state index in [0.29, 0.717) is 22.3 Å². The summed E-state index contributed by atoms with van der Waals surface area (Å²) in [6.45, 7) is 0.814. The van der Waals surface area contributed by atoms with Crippen molar-refractivity contribution >= 4 is 11.6 Å². The number of amidine groups is 1. The first-order valence-electron chi connectivity index (χ1n) is 10.3. The molecule has 0 aromatic heterocycles. The van der Waals surface area contributed by atoms with Crippen LogP contribution in [0.25, 0.3) is 0 Å². The number of aromatic hydroxyl groups is 1. The van der Waals surface area contributed by atoms with Crippen LogP contribution in [0.4, 0.5) is 13.2 Å². The number of ether oxygens (including phenoxy) is 1. The Morgan fingerprint density at radius 3 is 2.40 bits per heavy atom. The second-order valence-corrected chi connectivity index (χ2v) is 7.57. The first-order valence-corrected chi connectivity index (χ1v) is 10.3. The van der Waals surface area contributed by atoms with Crippen molar-refractivity contribution in [1.29, 1.82) is 0 Å². The van der Waals surface area contributed by atoms with E-state index in [0.717, 1.165) is 19.1 Å². The number of nitrogens with two attached hydrogens (primary N) is 2. The van der Waals surface area contributed by atoms with Crippen LogP contribution in [0, 0.1) is 0 Å². The number of hydrazine groups is 1. The molecule has 0 saturated carbocycles. The summed E-state index contributed by atoms with van der Waals surface area (Å²) in [4.78, 5) is 11.5. The molecule has 1 unspecified atom stereocenters. The van der Waals surface area contributed by atoms with Gasteiger partial charge in [0.1, 0.15) is 29.8 Å². The van der Waals surface area contributed by atoms with Crippen LogP contribution in [-0.2, 0) is 12.8 Å². The van der Waals surface area contributed by atoms with Crippen molar-refractivity contribution in [3.8, 4) is 11.5 Å². The Balaban J connectivity index is 1.78. The van der Waals surface area contributed by atoms with Crippen molar-refractivity contribution in [3.63, 3.8) is 0 Å². The number of hydrogen-bond acceptors (Lipinski definition) is 7. The summed E-state index contributed by atoms with van der Waals surface area (Å²) in [5.41, 5.74) is 8.16. The Hall–Kier alpha value is -4.09. The van der Waals surface area contributed by atoms with Gasteiger partial charge in [0.15, 0.2) is 11.6 Å². The van der Waals surface area contributed by atoms with Gasteiger partial charge in [-0.05, 0) is 41.8 Å². The number of halogens is 3. The number of ketones is 1. The predicted octanol–water partition coefficient (Wildman–Crippen LogP) is 3.36. The number of hydrogen-bond donors (Lipinski definition) is 5. The number of nitrogens with zero attached hydrogens (tertiary/aromatic N) is 1. The fourth-order valence-electron chi connectivity index (χ4n) is 3.40. The Bertz CT molecular complexity index is 1240. The third-order valence-corrected chi connectivity index (χ3v) is 5.18. The summed E-state index contributed by atoms with van der Waals surface area (Å²) >= 11 is 0. The lowest BCUT2D eigenvalue weighted by atomic mass is 9.98. The summed E-state index contributed by atoms with van der Waals surface area (Å²) in [6.07, 6.45) is -5.93. The molecule has 3 aromatic rings. The second-order valence-electron chi connectivity index (χ2n) is 7.57. The highest BCUT2D eigenvalue weighted by atomic mass is 19.4. The van der Waals surface area contributed by atoms with Crippen molar-refractivity contribution < 1.29 is 32.9 Å². The van der Waals surface area contributed by atoms with E-state index in [4.69, 9.17) is 16.3 Å². The van der Waals surface area contributed by atoms with Gasteiger partial charge in [-0.2, -0.15) is 13.2 Å². The van der Waals surface area contributed by atoms with Gasteiger partial charge >= 0.3 is 6.18 Å². The maximum absolute atomic E-state index is 13.5. The zero-order chi connectivity index (χ0) is 25.8. The number of carbonyl (C=O) groups excluding carboxylic acids is 1. The van der Waals surface area contributed by atoms with Crippen molar-refractivity contribution in [2.24, 2.45) is 16.7 Å². The Labute approximate surface area is 198 Å². The lowest BCUT2D eigenvalue weighted by molar-refractivity contribution is -0.140. The van der Waals surface area contributed by atoms with Crippen molar-refractivity contribution in [1.82, 2.24) is 5.53 Å². The average Bonchev–Trinajstić information content (AvgIpc) is 2.81. The molecule has 3 aromatic carbocycles. The van der Waals surface area contributed by atoms with Crippen LogP contribution in [0.5, 0.6) is 11.5 Å². The van der Waals surface area contributed by atoms with E-state index in [-0.39, 0.29) is 12.4 Å². The molecule has 0 saturated heterocycles. The SMILES string of the molecule is CC(=O)c1ccc(OCc2ccc(C(O)c3cccc(/C(N)=N/NN)c3)cc2)c(C(F)(F)F)c1O. The van der Waals surface area contributed by atoms with Gasteiger partial charge in [-0.15, -0.1) is 5.10 Å². The molecular formula is C24H23F3N4O4. The van der Waals surface area contributed by atoms with Crippen LogP contribution in [0.2, 0.25) is 0 Å².